The number of carbonyl (C=O) groups excluding carboxylic acids is 2. The normalized spacial score (nSPS) is 20.0. The summed E-state index contributed by atoms with van der Waals surface area (Å²) in [6.07, 6.45) is 0. The average Bonchev–Trinajstić information content (AvgIpc) is 2.67. The molecule has 0 spiro atoms. The van der Waals surface area contributed by atoms with Gasteiger partial charge >= 0.3 is 6.03 Å². The molecule has 22 heavy (non-hydrogen) atoms. The fraction of sp³-hybridized carbons (Fsp3) is 0.467. The highest BCUT2D eigenvalue weighted by atomic mass is 35.5. The lowest BCUT2D eigenvalue weighted by Crippen LogP contribution is -2.36. The van der Waals surface area contributed by atoms with E-state index in [4.69, 9.17) is 11.6 Å². The predicted molar refractivity (Wildman–Crippen MR) is 79.8 cm³/mol. The Morgan fingerprint density at radius 1 is 1.41 bits per heavy atom. The van der Waals surface area contributed by atoms with E-state index in [0.717, 1.165) is 11.0 Å². The van der Waals surface area contributed by atoms with Gasteiger partial charge in [-0.15, -0.1) is 0 Å². The number of imide groups is 1. The first-order valence-electron chi connectivity index (χ1n) is 7.05. The van der Waals surface area contributed by atoms with E-state index in [9.17, 15) is 19.1 Å². The number of rotatable bonds is 4. The van der Waals surface area contributed by atoms with E-state index in [1.807, 2.05) is 0 Å². The van der Waals surface area contributed by atoms with Crippen LogP contribution in [0.3, 0.4) is 0 Å². The molecule has 1 aromatic carbocycles. The van der Waals surface area contributed by atoms with E-state index in [1.165, 1.54) is 11.0 Å². The van der Waals surface area contributed by atoms with E-state index in [-0.39, 0.29) is 24.1 Å². The van der Waals surface area contributed by atoms with Crippen molar-refractivity contribution in [3.8, 4) is 0 Å². The van der Waals surface area contributed by atoms with Crippen molar-refractivity contribution in [2.45, 2.75) is 39.5 Å². The molecule has 1 aromatic rings. The second-order valence-electron chi connectivity index (χ2n) is 5.24. The molecule has 2 rings (SSSR count). The van der Waals surface area contributed by atoms with Gasteiger partial charge in [-0.1, -0.05) is 11.6 Å². The standard InChI is InChI=1S/C15H18ClFN2O3/c1-4-18-14(21)9(3)19(15(18)22)8(2)11-5-10(17)6-13(16)12(11)7-20/h5-6,8-9,20H,4,7H2,1-3H3/t8-,9?/m0/s1. The number of amides is 3. The Morgan fingerprint density at radius 2 is 2.05 bits per heavy atom. The molecular weight excluding hydrogens is 311 g/mol. The first kappa shape index (κ1) is 16.7. The summed E-state index contributed by atoms with van der Waals surface area (Å²) in [6, 6.07) is 0.703. The molecule has 1 N–H and O–H groups in total. The molecule has 1 unspecified atom stereocenters. The minimum Gasteiger partial charge on any atom is -0.392 e. The molecule has 0 saturated carbocycles. The maximum absolute atomic E-state index is 13.7. The van der Waals surface area contributed by atoms with E-state index in [2.05, 4.69) is 0 Å². The zero-order valence-corrected chi connectivity index (χ0v) is 13.4. The number of aliphatic hydroxyl groups is 1. The first-order chi connectivity index (χ1) is 10.3. The molecule has 1 heterocycles. The molecular formula is C15H18ClFN2O3. The van der Waals surface area contributed by atoms with Crippen LogP contribution in [-0.4, -0.2) is 39.4 Å². The third kappa shape index (κ3) is 2.57. The van der Waals surface area contributed by atoms with E-state index < -0.39 is 23.9 Å². The Balaban J connectivity index is 2.46. The molecule has 0 aromatic heterocycles. The minimum atomic E-state index is -0.643. The highest BCUT2D eigenvalue weighted by molar-refractivity contribution is 6.31. The van der Waals surface area contributed by atoms with Crippen molar-refractivity contribution >= 4 is 23.5 Å². The lowest BCUT2D eigenvalue weighted by atomic mass is 9.99. The second kappa shape index (κ2) is 6.22. The number of nitrogens with zero attached hydrogens (tertiary/aromatic N) is 2. The predicted octanol–water partition coefficient (Wildman–Crippen LogP) is 2.71. The number of aliphatic hydroxyl groups excluding tert-OH is 1. The fourth-order valence-corrected chi connectivity index (χ4v) is 3.12. The van der Waals surface area contributed by atoms with Crippen molar-refractivity contribution in [3.63, 3.8) is 0 Å². The summed E-state index contributed by atoms with van der Waals surface area (Å²) >= 11 is 5.96. The van der Waals surface area contributed by atoms with Crippen LogP contribution in [0, 0.1) is 5.82 Å². The maximum Gasteiger partial charge on any atom is 0.327 e. The molecule has 120 valence electrons. The van der Waals surface area contributed by atoms with Gasteiger partial charge in [-0.3, -0.25) is 9.69 Å². The van der Waals surface area contributed by atoms with E-state index in [0.29, 0.717) is 11.1 Å². The van der Waals surface area contributed by atoms with E-state index >= 15 is 0 Å². The van der Waals surface area contributed by atoms with Crippen LogP contribution in [0.2, 0.25) is 5.02 Å². The molecule has 2 atom stereocenters. The summed E-state index contributed by atoms with van der Waals surface area (Å²) in [5.41, 5.74) is 0.761. The van der Waals surface area contributed by atoms with Gasteiger partial charge in [-0.05, 0) is 38.5 Å². The van der Waals surface area contributed by atoms with Crippen LogP contribution < -0.4 is 0 Å². The summed E-state index contributed by atoms with van der Waals surface area (Å²) in [5.74, 6) is -0.838. The highest BCUT2D eigenvalue weighted by Crippen LogP contribution is 2.34. The number of likely N-dealkylation sites (N-methyl/N-ethyl adjacent to an activating group) is 1. The van der Waals surface area contributed by atoms with Gasteiger partial charge in [-0.25, -0.2) is 9.18 Å². The van der Waals surface area contributed by atoms with Crippen molar-refractivity contribution in [2.75, 3.05) is 6.54 Å². The third-order valence-electron chi connectivity index (χ3n) is 4.03. The first-order valence-corrected chi connectivity index (χ1v) is 7.43. The van der Waals surface area contributed by atoms with E-state index in [1.54, 1.807) is 20.8 Å². The van der Waals surface area contributed by atoms with Crippen molar-refractivity contribution < 1.29 is 19.1 Å². The van der Waals surface area contributed by atoms with Crippen LogP contribution in [0.15, 0.2) is 12.1 Å². The van der Waals surface area contributed by atoms with Crippen molar-refractivity contribution in [1.29, 1.82) is 0 Å². The van der Waals surface area contributed by atoms with Crippen LogP contribution in [0.4, 0.5) is 9.18 Å². The van der Waals surface area contributed by atoms with Gasteiger partial charge in [0.25, 0.3) is 5.91 Å². The van der Waals surface area contributed by atoms with Crippen LogP contribution in [0.5, 0.6) is 0 Å². The molecule has 5 nitrogen and oxygen atoms in total. The Labute approximate surface area is 133 Å². The molecule has 7 heteroatoms. The zero-order valence-electron chi connectivity index (χ0n) is 12.6. The van der Waals surface area contributed by atoms with Crippen LogP contribution >= 0.6 is 11.6 Å². The Morgan fingerprint density at radius 3 is 2.55 bits per heavy atom. The van der Waals surface area contributed by atoms with Gasteiger partial charge in [0, 0.05) is 17.1 Å². The lowest BCUT2D eigenvalue weighted by molar-refractivity contribution is -0.127. The Bertz CT molecular complexity index is 623. The monoisotopic (exact) mass is 328 g/mol. The number of urea groups is 1. The minimum absolute atomic E-state index is 0.0994. The van der Waals surface area contributed by atoms with Crippen LogP contribution in [0.25, 0.3) is 0 Å². The van der Waals surface area contributed by atoms with Gasteiger partial charge in [0.15, 0.2) is 0 Å². The number of halogens is 2. The zero-order chi connectivity index (χ0) is 16.6. The van der Waals surface area contributed by atoms with Gasteiger partial charge in [0.05, 0.1) is 12.6 Å². The van der Waals surface area contributed by atoms with Gasteiger partial charge in [-0.2, -0.15) is 0 Å². The molecule has 0 bridgehead atoms. The van der Waals surface area contributed by atoms with Crippen molar-refractivity contribution in [3.05, 3.63) is 34.1 Å². The molecule has 3 amide bonds. The summed E-state index contributed by atoms with van der Waals surface area (Å²) in [7, 11) is 0. The summed E-state index contributed by atoms with van der Waals surface area (Å²) in [6.45, 7) is 4.94. The molecule has 0 radical (unpaired) electrons. The topological polar surface area (TPSA) is 60.9 Å². The largest absolute Gasteiger partial charge is 0.392 e. The molecule has 1 saturated heterocycles. The van der Waals surface area contributed by atoms with Crippen LogP contribution in [0.1, 0.15) is 37.9 Å². The summed E-state index contributed by atoms with van der Waals surface area (Å²) in [4.78, 5) is 27.0. The second-order valence-corrected chi connectivity index (χ2v) is 5.64. The number of hydrogen-bond acceptors (Lipinski definition) is 3. The van der Waals surface area contributed by atoms with Crippen molar-refractivity contribution in [1.82, 2.24) is 9.80 Å². The number of hydrogen-bond donors (Lipinski definition) is 1. The quantitative estimate of drug-likeness (QED) is 0.864. The lowest BCUT2D eigenvalue weighted by Gasteiger charge is -2.28. The molecule has 1 aliphatic rings. The summed E-state index contributed by atoms with van der Waals surface area (Å²) < 4.78 is 13.7. The maximum atomic E-state index is 13.7. The average molecular weight is 329 g/mol. The Kier molecular flexibility index (Phi) is 4.72. The molecule has 1 aliphatic heterocycles. The van der Waals surface area contributed by atoms with Crippen LogP contribution in [-0.2, 0) is 11.4 Å². The summed E-state index contributed by atoms with van der Waals surface area (Å²) in [5, 5.41) is 9.58. The Hall–Kier alpha value is -1.66. The van der Waals surface area contributed by atoms with Gasteiger partial charge < -0.3 is 10.0 Å². The third-order valence-corrected chi connectivity index (χ3v) is 4.37. The number of benzene rings is 1. The smallest absolute Gasteiger partial charge is 0.327 e. The fourth-order valence-electron chi connectivity index (χ4n) is 2.85. The molecule has 1 fully saturated rings. The van der Waals surface area contributed by atoms with Gasteiger partial charge in [0.1, 0.15) is 11.9 Å². The number of carbonyl (C=O) groups is 2. The van der Waals surface area contributed by atoms with Gasteiger partial charge in [0.2, 0.25) is 0 Å². The SMILES string of the molecule is CCN1C(=O)C(C)N([C@@H](C)c2cc(F)cc(Cl)c2CO)C1=O. The van der Waals surface area contributed by atoms with Crippen molar-refractivity contribution in [2.24, 2.45) is 0 Å². The molecule has 0 aliphatic carbocycles. The highest BCUT2D eigenvalue weighted by Gasteiger charge is 2.44.